The van der Waals surface area contributed by atoms with Crippen molar-refractivity contribution in [2.75, 3.05) is 13.1 Å². The molecule has 5 nitrogen and oxygen atoms in total. The van der Waals surface area contributed by atoms with Crippen LogP contribution >= 0.6 is 15.9 Å². The molecule has 1 aliphatic rings. The van der Waals surface area contributed by atoms with E-state index in [-0.39, 0.29) is 23.9 Å². The van der Waals surface area contributed by atoms with E-state index in [1.807, 2.05) is 0 Å². The van der Waals surface area contributed by atoms with E-state index >= 15 is 0 Å². The number of halogens is 1. The molecule has 0 amide bonds. The third kappa shape index (κ3) is 2.68. The fourth-order valence-corrected chi connectivity index (χ4v) is 4.76. The first-order chi connectivity index (χ1) is 8.84. The Balaban J connectivity index is 2.33. The maximum atomic E-state index is 12.5. The van der Waals surface area contributed by atoms with E-state index < -0.39 is 21.9 Å². The molecular weight excluding hydrogens is 334 g/mol. The molecule has 2 atom stereocenters. The second kappa shape index (κ2) is 5.22. The molecule has 0 aromatic heterocycles. The molecule has 7 heteroatoms. The second-order valence-corrected chi connectivity index (χ2v) is 7.44. The first kappa shape index (κ1) is 14.5. The molecule has 19 heavy (non-hydrogen) atoms. The highest BCUT2D eigenvalue weighted by molar-refractivity contribution is 9.10. The molecule has 1 saturated heterocycles. The molecule has 1 heterocycles. The van der Waals surface area contributed by atoms with E-state index in [0.29, 0.717) is 4.47 Å². The van der Waals surface area contributed by atoms with Crippen LogP contribution in [0.25, 0.3) is 0 Å². The summed E-state index contributed by atoms with van der Waals surface area (Å²) in [6, 6.07) is 6.54. The fourth-order valence-electron chi connectivity index (χ4n) is 2.23. The van der Waals surface area contributed by atoms with Crippen LogP contribution in [0.4, 0.5) is 0 Å². The molecule has 1 fully saturated rings. The summed E-state index contributed by atoms with van der Waals surface area (Å²) in [7, 11) is -3.65. The minimum atomic E-state index is -3.65. The zero-order valence-corrected chi connectivity index (χ0v) is 12.7. The summed E-state index contributed by atoms with van der Waals surface area (Å²) in [4.78, 5) is 11.2. The van der Waals surface area contributed by atoms with Crippen LogP contribution in [0.2, 0.25) is 0 Å². The van der Waals surface area contributed by atoms with Crippen molar-refractivity contribution in [3.63, 3.8) is 0 Å². The van der Waals surface area contributed by atoms with Gasteiger partial charge in [0.2, 0.25) is 10.0 Å². The van der Waals surface area contributed by atoms with Gasteiger partial charge in [0.25, 0.3) is 0 Å². The quantitative estimate of drug-likeness (QED) is 0.904. The van der Waals surface area contributed by atoms with Gasteiger partial charge < -0.3 is 5.11 Å². The molecule has 1 aromatic rings. The van der Waals surface area contributed by atoms with Crippen molar-refractivity contribution in [1.82, 2.24) is 4.31 Å². The van der Waals surface area contributed by atoms with Crippen LogP contribution in [-0.2, 0) is 14.8 Å². The van der Waals surface area contributed by atoms with Gasteiger partial charge in [0, 0.05) is 17.6 Å². The molecule has 1 aliphatic heterocycles. The molecule has 0 unspecified atom stereocenters. The van der Waals surface area contributed by atoms with Gasteiger partial charge in [-0.05, 0) is 34.0 Å². The number of carbonyl (C=O) groups is 1. The lowest BCUT2D eigenvalue weighted by atomic mass is 9.99. The smallest absolute Gasteiger partial charge is 0.308 e. The van der Waals surface area contributed by atoms with Crippen molar-refractivity contribution >= 4 is 31.9 Å². The Labute approximate surface area is 120 Å². The van der Waals surface area contributed by atoms with Gasteiger partial charge in [0.05, 0.1) is 10.8 Å². The van der Waals surface area contributed by atoms with Crippen molar-refractivity contribution in [1.29, 1.82) is 0 Å². The Morgan fingerprint density at radius 1 is 1.37 bits per heavy atom. The zero-order valence-electron chi connectivity index (χ0n) is 10.3. The van der Waals surface area contributed by atoms with Crippen LogP contribution in [0.3, 0.4) is 0 Å². The van der Waals surface area contributed by atoms with Crippen LogP contribution in [-0.4, -0.2) is 36.9 Å². The standard InChI is InChI=1S/C12H14BrNO4S/c1-8-6-14(7-9(8)12(15)16)19(17,18)11-5-3-2-4-10(11)13/h2-5,8-9H,6-7H2,1H3,(H,15,16)/t8-,9-/m1/s1. The number of sulfonamides is 1. The predicted octanol–water partition coefficient (Wildman–Crippen LogP) is 1.79. The lowest BCUT2D eigenvalue weighted by Gasteiger charge is -2.16. The number of hydrogen-bond donors (Lipinski definition) is 1. The summed E-state index contributed by atoms with van der Waals surface area (Å²) in [5, 5.41) is 9.06. The molecular formula is C12H14BrNO4S. The first-order valence-electron chi connectivity index (χ1n) is 5.81. The highest BCUT2D eigenvalue weighted by Gasteiger charge is 2.41. The van der Waals surface area contributed by atoms with Crippen molar-refractivity contribution < 1.29 is 18.3 Å². The average molecular weight is 348 g/mol. The van der Waals surface area contributed by atoms with E-state index in [4.69, 9.17) is 5.11 Å². The highest BCUT2D eigenvalue weighted by atomic mass is 79.9. The highest BCUT2D eigenvalue weighted by Crippen LogP contribution is 2.31. The normalized spacial score (nSPS) is 24.5. The Bertz CT molecular complexity index is 602. The Kier molecular flexibility index (Phi) is 3.98. The first-order valence-corrected chi connectivity index (χ1v) is 8.05. The zero-order chi connectivity index (χ0) is 14.2. The number of benzene rings is 1. The summed E-state index contributed by atoms with van der Waals surface area (Å²) in [5.74, 6) is -1.77. The van der Waals surface area contributed by atoms with Gasteiger partial charge in [0.15, 0.2) is 0 Å². The number of aliphatic carboxylic acids is 1. The second-order valence-electron chi connectivity index (χ2n) is 4.67. The van der Waals surface area contributed by atoms with Crippen molar-refractivity contribution in [2.45, 2.75) is 11.8 Å². The monoisotopic (exact) mass is 347 g/mol. The van der Waals surface area contributed by atoms with Crippen LogP contribution < -0.4 is 0 Å². The molecule has 0 bridgehead atoms. The van der Waals surface area contributed by atoms with Crippen LogP contribution in [0.1, 0.15) is 6.92 Å². The average Bonchev–Trinajstić information content (AvgIpc) is 2.72. The number of hydrogen-bond acceptors (Lipinski definition) is 3. The van der Waals surface area contributed by atoms with Crippen LogP contribution in [0.5, 0.6) is 0 Å². The summed E-state index contributed by atoms with van der Waals surface area (Å²) in [6.07, 6.45) is 0. The molecule has 0 spiro atoms. The van der Waals surface area contributed by atoms with Gasteiger partial charge >= 0.3 is 5.97 Å². The fraction of sp³-hybridized carbons (Fsp3) is 0.417. The van der Waals surface area contributed by atoms with Gasteiger partial charge in [-0.1, -0.05) is 19.1 Å². The maximum absolute atomic E-state index is 12.5. The third-order valence-electron chi connectivity index (χ3n) is 3.35. The lowest BCUT2D eigenvalue weighted by molar-refractivity contribution is -0.142. The molecule has 0 radical (unpaired) electrons. The number of carboxylic acids is 1. The van der Waals surface area contributed by atoms with E-state index in [9.17, 15) is 13.2 Å². The summed E-state index contributed by atoms with van der Waals surface area (Å²) in [5.41, 5.74) is 0. The van der Waals surface area contributed by atoms with E-state index in [1.54, 1.807) is 25.1 Å². The topological polar surface area (TPSA) is 74.7 Å². The van der Waals surface area contributed by atoms with E-state index in [2.05, 4.69) is 15.9 Å². The van der Waals surface area contributed by atoms with Crippen molar-refractivity contribution in [2.24, 2.45) is 11.8 Å². The summed E-state index contributed by atoms with van der Waals surface area (Å²) in [6.45, 7) is 2.02. The molecule has 104 valence electrons. The molecule has 1 N–H and O–H groups in total. The third-order valence-corrected chi connectivity index (χ3v) is 6.19. The van der Waals surface area contributed by atoms with Crippen molar-refractivity contribution in [3.05, 3.63) is 28.7 Å². The van der Waals surface area contributed by atoms with E-state index in [1.165, 1.54) is 10.4 Å². The van der Waals surface area contributed by atoms with Gasteiger partial charge in [-0.15, -0.1) is 0 Å². The lowest BCUT2D eigenvalue weighted by Crippen LogP contribution is -2.30. The molecule has 0 aliphatic carbocycles. The minimum absolute atomic E-state index is 0.0279. The number of nitrogens with zero attached hydrogens (tertiary/aromatic N) is 1. The van der Waals surface area contributed by atoms with E-state index in [0.717, 1.165) is 0 Å². The van der Waals surface area contributed by atoms with Crippen LogP contribution in [0, 0.1) is 11.8 Å². The maximum Gasteiger partial charge on any atom is 0.308 e. The molecule has 1 aromatic carbocycles. The SMILES string of the molecule is C[C@@H]1CN(S(=O)(=O)c2ccccc2Br)C[C@H]1C(=O)O. The predicted molar refractivity (Wildman–Crippen MR) is 73.2 cm³/mol. The van der Waals surface area contributed by atoms with Gasteiger partial charge in [-0.2, -0.15) is 4.31 Å². The van der Waals surface area contributed by atoms with Gasteiger partial charge in [-0.25, -0.2) is 8.42 Å². The molecule has 2 rings (SSSR count). The largest absolute Gasteiger partial charge is 0.481 e. The van der Waals surface area contributed by atoms with Gasteiger partial charge in [0.1, 0.15) is 0 Å². The Hall–Kier alpha value is -0.920. The van der Waals surface area contributed by atoms with Gasteiger partial charge in [-0.3, -0.25) is 4.79 Å². The summed E-state index contributed by atoms with van der Waals surface area (Å²) < 4.78 is 26.7. The van der Waals surface area contributed by atoms with Crippen molar-refractivity contribution in [3.8, 4) is 0 Å². The number of carboxylic acid groups (broad SMARTS) is 1. The molecule has 0 saturated carbocycles. The Morgan fingerprint density at radius 2 is 2.00 bits per heavy atom. The minimum Gasteiger partial charge on any atom is -0.481 e. The Morgan fingerprint density at radius 3 is 2.53 bits per heavy atom. The summed E-state index contributed by atoms with van der Waals surface area (Å²) >= 11 is 3.22. The van der Waals surface area contributed by atoms with Crippen LogP contribution in [0.15, 0.2) is 33.6 Å². The number of rotatable bonds is 3.